The summed E-state index contributed by atoms with van der Waals surface area (Å²) in [7, 11) is -4.56. The van der Waals surface area contributed by atoms with Crippen molar-refractivity contribution in [2.24, 2.45) is 5.92 Å². The Morgan fingerprint density at radius 2 is 1.62 bits per heavy atom. The van der Waals surface area contributed by atoms with E-state index < -0.39 is 31.4 Å². The highest BCUT2D eigenvalue weighted by molar-refractivity contribution is 7.90. The zero-order chi connectivity index (χ0) is 47.0. The first kappa shape index (κ1) is 47.1. The molecule has 2 N–H and O–H groups in total. The second kappa shape index (κ2) is 21.5. The van der Waals surface area contributed by atoms with E-state index >= 15 is 0 Å². The number of fused-ring (bicyclic) bond motifs is 1. The second-order valence-corrected chi connectivity index (χ2v) is 19.5. The van der Waals surface area contributed by atoms with Gasteiger partial charge in [0.15, 0.2) is 0 Å². The predicted octanol–water partition coefficient (Wildman–Crippen LogP) is 8.27. The number of rotatable bonds is 17. The third-order valence-corrected chi connectivity index (χ3v) is 14.6. The van der Waals surface area contributed by atoms with E-state index in [1.807, 2.05) is 60.7 Å². The van der Waals surface area contributed by atoms with E-state index in [9.17, 15) is 23.3 Å². The summed E-state index contributed by atoms with van der Waals surface area (Å²) >= 11 is 6.27. The number of carbonyl (C=O) groups excluding carboxylic acids is 1. The number of anilines is 2. The van der Waals surface area contributed by atoms with E-state index in [4.69, 9.17) is 30.5 Å². The van der Waals surface area contributed by atoms with E-state index in [1.54, 1.807) is 18.2 Å². The maximum atomic E-state index is 14.1. The topological polar surface area (TPSA) is 165 Å². The molecule has 0 radical (unpaired) electrons. The highest BCUT2D eigenvalue weighted by Gasteiger charge is 2.28. The number of nitrogens with zero attached hydrogens (tertiary/aromatic N) is 4. The summed E-state index contributed by atoms with van der Waals surface area (Å²) < 4.78 is 53.4. The summed E-state index contributed by atoms with van der Waals surface area (Å²) in [4.78, 5) is 32.1. The molecule has 0 bridgehead atoms. The van der Waals surface area contributed by atoms with Crippen molar-refractivity contribution in [1.82, 2.24) is 14.5 Å². The summed E-state index contributed by atoms with van der Waals surface area (Å²) in [5, 5.41) is 15.9. The monoisotopic (exact) mass is 962 g/mol. The number of benzene rings is 5. The smallest absolute Gasteiger partial charge is 0.293 e. The molecule has 0 aromatic heterocycles. The molecule has 5 aromatic rings. The molecule has 0 unspecified atom stereocenters. The van der Waals surface area contributed by atoms with Gasteiger partial charge in [-0.1, -0.05) is 54.1 Å². The van der Waals surface area contributed by atoms with Crippen LogP contribution in [0.5, 0.6) is 17.2 Å². The average Bonchev–Trinajstić information content (AvgIpc) is 3.85. The molecule has 3 heterocycles. The number of sulfonamides is 1. The predicted molar refractivity (Wildman–Crippen MR) is 263 cm³/mol. The fourth-order valence-electron chi connectivity index (χ4n) is 9.09. The van der Waals surface area contributed by atoms with Crippen LogP contribution in [0.1, 0.15) is 39.9 Å². The number of nitro benzene ring substituents is 1. The van der Waals surface area contributed by atoms with Crippen LogP contribution in [0.4, 0.5) is 17.1 Å². The van der Waals surface area contributed by atoms with Crippen molar-refractivity contribution in [1.29, 1.82) is 0 Å². The quantitative estimate of drug-likeness (QED) is 0.0677. The van der Waals surface area contributed by atoms with Crippen LogP contribution < -0.4 is 24.4 Å². The minimum absolute atomic E-state index is 0.0124. The van der Waals surface area contributed by atoms with E-state index in [0.29, 0.717) is 56.8 Å². The average molecular weight is 964 g/mol. The Labute approximate surface area is 401 Å². The van der Waals surface area contributed by atoms with Crippen LogP contribution in [-0.4, -0.2) is 114 Å². The van der Waals surface area contributed by atoms with Crippen molar-refractivity contribution in [2.45, 2.75) is 30.7 Å². The normalized spacial score (nSPS) is 16.9. The lowest BCUT2D eigenvalue weighted by Gasteiger charge is -2.36. The fourth-order valence-corrected chi connectivity index (χ4v) is 10.2. The van der Waals surface area contributed by atoms with E-state index in [1.165, 1.54) is 12.1 Å². The SMILES string of the molecule is O=C(NS(=O)(=O)c1ccc(NCC2CCOCC2)c([N+](=O)[O-])c1)c1ccc(N2CCN(Cc3cc(OCCN4CCOCC4)ccc3-c3ccc(Cl)cc3)CC2)cc1Oc1cccc2c1C=CC2. The lowest BCUT2D eigenvalue weighted by Crippen LogP contribution is -2.46. The lowest BCUT2D eigenvalue weighted by molar-refractivity contribution is -0.384. The number of carbonyl (C=O) groups is 1. The Bertz CT molecular complexity index is 2750. The number of hydrogen-bond acceptors (Lipinski definition) is 13. The van der Waals surface area contributed by atoms with Crippen LogP contribution >= 0.6 is 11.6 Å². The van der Waals surface area contributed by atoms with Crippen LogP contribution in [0.3, 0.4) is 0 Å². The highest BCUT2D eigenvalue weighted by Crippen LogP contribution is 2.37. The van der Waals surface area contributed by atoms with Gasteiger partial charge in [0.2, 0.25) is 0 Å². The van der Waals surface area contributed by atoms with Gasteiger partial charge < -0.3 is 29.2 Å². The third-order valence-electron chi connectivity index (χ3n) is 13.0. The number of halogens is 1. The van der Waals surface area contributed by atoms with Crippen molar-refractivity contribution in [2.75, 3.05) is 95.6 Å². The van der Waals surface area contributed by atoms with Crippen LogP contribution in [0.15, 0.2) is 108 Å². The summed E-state index contributed by atoms with van der Waals surface area (Å²) in [6.07, 6.45) is 6.39. The fraction of sp³-hybridized carbons (Fsp3) is 0.353. The summed E-state index contributed by atoms with van der Waals surface area (Å²) in [6, 6.07) is 28.6. The van der Waals surface area contributed by atoms with Crippen molar-refractivity contribution < 1.29 is 37.1 Å². The molecule has 5 aromatic carbocycles. The minimum atomic E-state index is -4.56. The molecule has 17 heteroatoms. The number of nitro groups is 1. The van der Waals surface area contributed by atoms with Crippen LogP contribution in [0.2, 0.25) is 5.02 Å². The summed E-state index contributed by atoms with van der Waals surface area (Å²) in [5.74, 6) is 0.850. The molecule has 0 atom stereocenters. The van der Waals surface area contributed by atoms with Gasteiger partial charge in [0.1, 0.15) is 29.5 Å². The first-order valence-electron chi connectivity index (χ1n) is 23.1. The molecule has 15 nitrogen and oxygen atoms in total. The van der Waals surface area contributed by atoms with Gasteiger partial charge in [-0.25, -0.2) is 13.1 Å². The number of allylic oxidation sites excluding steroid dienone is 1. The number of amides is 1. The third kappa shape index (κ3) is 11.5. The van der Waals surface area contributed by atoms with Crippen LogP contribution in [0, 0.1) is 16.0 Å². The molecular weight excluding hydrogens is 908 g/mol. The van der Waals surface area contributed by atoms with Crippen molar-refractivity contribution in [3.8, 4) is 28.4 Å². The Hall–Kier alpha value is -6.01. The molecule has 9 rings (SSSR count). The minimum Gasteiger partial charge on any atom is -0.492 e. The molecule has 3 saturated heterocycles. The molecule has 3 fully saturated rings. The molecule has 4 aliphatic rings. The number of hydrogen-bond donors (Lipinski definition) is 2. The van der Waals surface area contributed by atoms with Crippen LogP contribution in [0.25, 0.3) is 17.2 Å². The van der Waals surface area contributed by atoms with Gasteiger partial charge in [0, 0.05) is 101 Å². The Morgan fingerprint density at radius 1 is 0.838 bits per heavy atom. The molecule has 0 saturated carbocycles. The highest BCUT2D eigenvalue weighted by atomic mass is 35.5. The molecule has 1 amide bonds. The van der Waals surface area contributed by atoms with E-state index in [-0.39, 0.29) is 22.9 Å². The van der Waals surface area contributed by atoms with Crippen molar-refractivity contribution in [3.63, 3.8) is 0 Å². The Balaban J connectivity index is 0.915. The van der Waals surface area contributed by atoms with Gasteiger partial charge in [-0.2, -0.15) is 0 Å². The van der Waals surface area contributed by atoms with Gasteiger partial charge >= 0.3 is 0 Å². The maximum Gasteiger partial charge on any atom is 0.293 e. The molecule has 1 aliphatic carbocycles. The molecule has 3 aliphatic heterocycles. The molecule has 0 spiro atoms. The zero-order valence-electron chi connectivity index (χ0n) is 37.7. The van der Waals surface area contributed by atoms with Crippen molar-refractivity contribution in [3.05, 3.63) is 141 Å². The van der Waals surface area contributed by atoms with Gasteiger partial charge in [-0.3, -0.25) is 24.7 Å². The number of piperazine rings is 1. The van der Waals surface area contributed by atoms with Gasteiger partial charge in [-0.05, 0) is 102 Å². The van der Waals surface area contributed by atoms with Crippen molar-refractivity contribution >= 4 is 50.7 Å². The lowest BCUT2D eigenvalue weighted by atomic mass is 9.98. The maximum absolute atomic E-state index is 14.1. The second-order valence-electron chi connectivity index (χ2n) is 17.4. The summed E-state index contributed by atoms with van der Waals surface area (Å²) in [5.41, 5.74) is 5.85. The van der Waals surface area contributed by atoms with E-state index in [0.717, 1.165) is 111 Å². The van der Waals surface area contributed by atoms with E-state index in [2.05, 4.69) is 36.9 Å². The van der Waals surface area contributed by atoms with Crippen LogP contribution in [-0.2, 0) is 32.5 Å². The molecule has 68 heavy (non-hydrogen) atoms. The largest absolute Gasteiger partial charge is 0.492 e. The molecular formula is C51H55ClN6O9S. The first-order chi connectivity index (χ1) is 33.1. The number of ether oxygens (including phenoxy) is 4. The summed E-state index contributed by atoms with van der Waals surface area (Å²) in [6.45, 7) is 9.97. The zero-order valence-corrected chi connectivity index (χ0v) is 39.3. The van der Waals surface area contributed by atoms with Gasteiger partial charge in [0.05, 0.1) is 28.6 Å². The first-order valence-corrected chi connectivity index (χ1v) is 25.0. The standard InChI is InChI=1S/C51H55ClN6O9S/c52-40-9-7-38(8-10-40)44-15-12-42(66-30-25-55-23-28-65-29-24-55)31-39(44)35-56-19-21-57(22-20-56)41-11-14-46(50(32-41)67-49-6-2-4-37-3-1-5-45(37)49)51(59)54-68(62,63)43-13-16-47(48(33-43)58(60)61)53-34-36-17-26-64-27-18-36/h1-2,4-16,31-33,36,53H,3,17-30,34-35H2,(H,54,59). The molecule has 356 valence electrons. The Morgan fingerprint density at radius 3 is 2.40 bits per heavy atom. The number of morpholine rings is 1. The Kier molecular flexibility index (Phi) is 14.9. The van der Waals surface area contributed by atoms with Gasteiger partial charge in [-0.15, -0.1) is 0 Å². The number of nitrogens with one attached hydrogen (secondary N) is 2. The van der Waals surface area contributed by atoms with Gasteiger partial charge in [0.25, 0.3) is 21.6 Å².